The van der Waals surface area contributed by atoms with Crippen molar-refractivity contribution < 1.29 is 4.42 Å². The molecule has 1 heterocycles. The Morgan fingerprint density at radius 3 is 3.00 bits per heavy atom. The summed E-state index contributed by atoms with van der Waals surface area (Å²) in [6.07, 6.45) is 4.58. The third-order valence-corrected chi connectivity index (χ3v) is 0.653. The van der Waals surface area contributed by atoms with E-state index in [1.54, 1.807) is 12.3 Å². The minimum absolute atomic E-state index is 0.708. The number of hydrogen-bond acceptors (Lipinski definition) is 2. The summed E-state index contributed by atoms with van der Waals surface area (Å²) in [6.45, 7) is 3.47. The largest absolute Gasteiger partial charge is 0.444 e. The van der Waals surface area contributed by atoms with Gasteiger partial charge in [-0.3, -0.25) is 0 Å². The fourth-order valence-corrected chi connectivity index (χ4v) is 0.326. The van der Waals surface area contributed by atoms with E-state index in [2.05, 4.69) is 11.6 Å². The number of oxazole rings is 1. The standard InChI is InChI=1S/C5H5NO/c1-2-5-3-6-4-7-5/h2-4H,1H2. The lowest BCUT2D eigenvalue weighted by Gasteiger charge is -1.70. The van der Waals surface area contributed by atoms with E-state index in [0.717, 1.165) is 0 Å². The fraction of sp³-hybridized carbons (Fsp3) is 0. The Bertz CT molecular complexity index is 143. The van der Waals surface area contributed by atoms with Gasteiger partial charge in [0, 0.05) is 0 Å². The Labute approximate surface area is 41.5 Å². The molecule has 0 aromatic carbocycles. The normalized spacial score (nSPS) is 8.57. The summed E-state index contributed by atoms with van der Waals surface area (Å²) in [6, 6.07) is 0. The maximum absolute atomic E-state index is 4.75. The summed E-state index contributed by atoms with van der Waals surface area (Å²) in [5.74, 6) is 0.708. The summed E-state index contributed by atoms with van der Waals surface area (Å²) in [5.41, 5.74) is 0. The molecular weight excluding hydrogens is 90.1 g/mol. The Kier molecular flexibility index (Phi) is 0.941. The minimum Gasteiger partial charge on any atom is -0.444 e. The van der Waals surface area contributed by atoms with E-state index < -0.39 is 0 Å². The molecule has 7 heavy (non-hydrogen) atoms. The first-order chi connectivity index (χ1) is 3.43. The average Bonchev–Trinajstić information content (AvgIpc) is 2.14. The van der Waals surface area contributed by atoms with Crippen LogP contribution < -0.4 is 0 Å². The van der Waals surface area contributed by atoms with E-state index in [9.17, 15) is 0 Å². The van der Waals surface area contributed by atoms with Crippen LogP contribution in [-0.2, 0) is 0 Å². The van der Waals surface area contributed by atoms with Crippen molar-refractivity contribution in [3.8, 4) is 0 Å². The van der Waals surface area contributed by atoms with Gasteiger partial charge in [-0.15, -0.1) is 0 Å². The van der Waals surface area contributed by atoms with Crippen LogP contribution >= 0.6 is 0 Å². The summed E-state index contributed by atoms with van der Waals surface area (Å²) < 4.78 is 4.75. The predicted octanol–water partition coefficient (Wildman–Crippen LogP) is 1.32. The van der Waals surface area contributed by atoms with Crippen LogP contribution in [0.3, 0.4) is 0 Å². The molecule has 2 nitrogen and oxygen atoms in total. The van der Waals surface area contributed by atoms with Crippen LogP contribution in [0.15, 0.2) is 23.6 Å². The molecule has 0 fully saturated rings. The van der Waals surface area contributed by atoms with E-state index in [1.165, 1.54) is 6.39 Å². The molecule has 1 aromatic heterocycles. The highest BCUT2D eigenvalue weighted by Crippen LogP contribution is 1.94. The lowest BCUT2D eigenvalue weighted by molar-refractivity contribution is 0.548. The zero-order chi connectivity index (χ0) is 5.11. The van der Waals surface area contributed by atoms with E-state index in [0.29, 0.717) is 5.76 Å². The maximum Gasteiger partial charge on any atom is 0.181 e. The third-order valence-electron chi connectivity index (χ3n) is 0.653. The highest BCUT2D eigenvalue weighted by Gasteiger charge is 1.81. The number of nitrogens with zero attached hydrogens (tertiary/aromatic N) is 1. The van der Waals surface area contributed by atoms with E-state index >= 15 is 0 Å². The molecule has 0 radical (unpaired) electrons. The van der Waals surface area contributed by atoms with Crippen molar-refractivity contribution in [2.24, 2.45) is 0 Å². The van der Waals surface area contributed by atoms with Crippen LogP contribution in [0, 0.1) is 0 Å². The second-order valence-electron chi connectivity index (χ2n) is 1.11. The van der Waals surface area contributed by atoms with Crippen molar-refractivity contribution in [2.45, 2.75) is 0 Å². The first-order valence-corrected chi connectivity index (χ1v) is 1.94. The van der Waals surface area contributed by atoms with E-state index in [1.807, 2.05) is 0 Å². The van der Waals surface area contributed by atoms with Crippen molar-refractivity contribution in [3.05, 3.63) is 24.9 Å². The molecule has 0 aliphatic carbocycles. The van der Waals surface area contributed by atoms with Gasteiger partial charge in [-0.05, 0) is 6.08 Å². The Balaban J connectivity index is 2.96. The Hall–Kier alpha value is -1.05. The van der Waals surface area contributed by atoms with Crippen molar-refractivity contribution in [2.75, 3.05) is 0 Å². The highest BCUT2D eigenvalue weighted by molar-refractivity contribution is 5.36. The average molecular weight is 95.1 g/mol. The lowest BCUT2D eigenvalue weighted by atomic mass is 10.5. The predicted molar refractivity (Wildman–Crippen MR) is 26.6 cm³/mol. The molecule has 2 heteroatoms. The zero-order valence-corrected chi connectivity index (χ0v) is 3.79. The van der Waals surface area contributed by atoms with Crippen molar-refractivity contribution in [1.29, 1.82) is 0 Å². The van der Waals surface area contributed by atoms with Crippen LogP contribution in [0.5, 0.6) is 0 Å². The molecule has 1 rings (SSSR count). The van der Waals surface area contributed by atoms with Crippen LogP contribution in [0.25, 0.3) is 6.08 Å². The second kappa shape index (κ2) is 1.60. The van der Waals surface area contributed by atoms with Crippen LogP contribution in [0.4, 0.5) is 0 Å². The van der Waals surface area contributed by atoms with Gasteiger partial charge < -0.3 is 4.42 Å². The molecule has 0 saturated carbocycles. The number of rotatable bonds is 1. The summed E-state index contributed by atoms with van der Waals surface area (Å²) in [7, 11) is 0. The van der Waals surface area contributed by atoms with Crippen molar-refractivity contribution >= 4 is 6.08 Å². The van der Waals surface area contributed by atoms with Gasteiger partial charge in [-0.2, -0.15) is 0 Å². The van der Waals surface area contributed by atoms with Gasteiger partial charge in [0.2, 0.25) is 0 Å². The molecular formula is C5H5NO. The molecule has 0 aliphatic rings. The summed E-state index contributed by atoms with van der Waals surface area (Å²) in [4.78, 5) is 3.66. The monoisotopic (exact) mass is 95.0 g/mol. The van der Waals surface area contributed by atoms with Gasteiger partial charge in [0.1, 0.15) is 5.76 Å². The highest BCUT2D eigenvalue weighted by atomic mass is 16.3. The van der Waals surface area contributed by atoms with Gasteiger partial charge in [0.05, 0.1) is 6.20 Å². The van der Waals surface area contributed by atoms with Gasteiger partial charge in [-0.1, -0.05) is 6.58 Å². The van der Waals surface area contributed by atoms with Crippen molar-refractivity contribution in [1.82, 2.24) is 4.98 Å². The third kappa shape index (κ3) is 0.682. The van der Waals surface area contributed by atoms with E-state index in [4.69, 9.17) is 4.42 Å². The SMILES string of the molecule is C=Cc1cnco1. The molecule has 0 amide bonds. The molecule has 0 atom stereocenters. The smallest absolute Gasteiger partial charge is 0.181 e. The first-order valence-electron chi connectivity index (χ1n) is 1.94. The minimum atomic E-state index is 0.708. The van der Waals surface area contributed by atoms with Gasteiger partial charge in [0.25, 0.3) is 0 Å². The van der Waals surface area contributed by atoms with Crippen LogP contribution in [0.1, 0.15) is 5.76 Å². The molecule has 0 saturated heterocycles. The first kappa shape index (κ1) is 4.12. The Morgan fingerprint density at radius 1 is 1.86 bits per heavy atom. The zero-order valence-electron chi connectivity index (χ0n) is 3.79. The fourth-order valence-electron chi connectivity index (χ4n) is 0.326. The summed E-state index contributed by atoms with van der Waals surface area (Å²) in [5, 5.41) is 0. The van der Waals surface area contributed by atoms with Crippen LogP contribution in [-0.4, -0.2) is 4.98 Å². The topological polar surface area (TPSA) is 26.0 Å². The molecule has 1 aromatic rings. The summed E-state index contributed by atoms with van der Waals surface area (Å²) >= 11 is 0. The Morgan fingerprint density at radius 2 is 2.71 bits per heavy atom. The molecule has 0 spiro atoms. The number of hydrogen-bond donors (Lipinski definition) is 0. The maximum atomic E-state index is 4.75. The quantitative estimate of drug-likeness (QED) is 0.525. The molecule has 0 unspecified atom stereocenters. The molecule has 0 N–H and O–H groups in total. The molecule has 0 aliphatic heterocycles. The van der Waals surface area contributed by atoms with E-state index in [-0.39, 0.29) is 0 Å². The lowest BCUT2D eigenvalue weighted by Crippen LogP contribution is -1.52. The molecule has 36 valence electrons. The van der Waals surface area contributed by atoms with Gasteiger partial charge in [-0.25, -0.2) is 4.98 Å². The van der Waals surface area contributed by atoms with Crippen LogP contribution in [0.2, 0.25) is 0 Å². The molecule has 0 bridgehead atoms. The van der Waals surface area contributed by atoms with Crippen molar-refractivity contribution in [3.63, 3.8) is 0 Å². The van der Waals surface area contributed by atoms with Gasteiger partial charge >= 0.3 is 0 Å². The second-order valence-corrected chi connectivity index (χ2v) is 1.11. The van der Waals surface area contributed by atoms with Gasteiger partial charge in [0.15, 0.2) is 6.39 Å². The number of aromatic nitrogens is 1.